The van der Waals surface area contributed by atoms with Crippen molar-refractivity contribution in [2.75, 3.05) is 0 Å². The zero-order valence-corrected chi connectivity index (χ0v) is 31.8. The van der Waals surface area contributed by atoms with Crippen LogP contribution in [-0.4, -0.2) is 13.1 Å². The molecule has 0 saturated heterocycles. The van der Waals surface area contributed by atoms with Crippen LogP contribution >= 0.6 is 0 Å². The quantitative estimate of drug-likeness (QED) is 0.137. The molecule has 3 aromatic heterocycles. The Morgan fingerprint density at radius 3 is 2.32 bits per heavy atom. The highest BCUT2D eigenvalue weighted by atomic mass is 28.3. The van der Waals surface area contributed by atoms with Crippen molar-refractivity contribution in [3.8, 4) is 33.6 Å². The molecule has 1 aliphatic carbocycles. The largest absolute Gasteiger partial charge is 0.258 e. The number of hydrogen-bond donors (Lipinski definition) is 0. The van der Waals surface area contributed by atoms with Crippen molar-refractivity contribution in [2.45, 2.75) is 103 Å². The van der Waals surface area contributed by atoms with Crippen molar-refractivity contribution in [3.63, 3.8) is 0 Å². The maximum atomic E-state index is 4.95. The second kappa shape index (κ2) is 13.2. The van der Waals surface area contributed by atoms with E-state index in [9.17, 15) is 0 Å². The fraction of sp³-hybridized carbons (Fsp3) is 0.370. The first-order valence-electron chi connectivity index (χ1n) is 19.1. The fourth-order valence-electron chi connectivity index (χ4n) is 9.46. The second-order valence-electron chi connectivity index (χ2n) is 16.4. The Kier molecular flexibility index (Phi) is 8.71. The summed E-state index contributed by atoms with van der Waals surface area (Å²) in [6.45, 7) is 16.7. The van der Waals surface area contributed by atoms with Crippen LogP contribution in [0.2, 0.25) is 19.6 Å². The van der Waals surface area contributed by atoms with Crippen molar-refractivity contribution in [3.05, 3.63) is 126 Å². The number of allylic oxidation sites excluding steroid dienone is 1. The maximum absolute atomic E-state index is 4.95. The van der Waals surface area contributed by atoms with Gasteiger partial charge in [0.15, 0.2) is 24.1 Å². The van der Waals surface area contributed by atoms with Crippen molar-refractivity contribution >= 4 is 19.0 Å². The summed E-state index contributed by atoms with van der Waals surface area (Å²) < 4.78 is 5.13. The van der Waals surface area contributed by atoms with Gasteiger partial charge in [-0.3, -0.25) is 4.98 Å². The molecule has 0 spiro atoms. The van der Waals surface area contributed by atoms with Crippen LogP contribution in [-0.2, 0) is 12.8 Å². The summed E-state index contributed by atoms with van der Waals surface area (Å²) in [6.07, 6.45) is 16.1. The number of benzene rings is 2. The number of fused-ring (bicyclic) bond motifs is 9. The fourth-order valence-corrected chi connectivity index (χ4v) is 11.1. The van der Waals surface area contributed by atoms with E-state index < -0.39 is 8.07 Å². The monoisotopic (exact) mass is 675 g/mol. The molecule has 1 saturated carbocycles. The lowest BCUT2D eigenvalue weighted by Crippen LogP contribution is -2.51. The van der Waals surface area contributed by atoms with Crippen molar-refractivity contribution in [2.24, 2.45) is 5.92 Å². The molecule has 0 amide bonds. The van der Waals surface area contributed by atoms with Gasteiger partial charge in [-0.1, -0.05) is 94.2 Å². The molecule has 2 atom stereocenters. The van der Waals surface area contributed by atoms with E-state index in [-0.39, 0.29) is 6.04 Å². The third-order valence-corrected chi connectivity index (χ3v) is 14.1. The molecule has 0 radical (unpaired) electrons. The van der Waals surface area contributed by atoms with Crippen LogP contribution in [0.4, 0.5) is 0 Å². The zero-order valence-electron chi connectivity index (χ0n) is 30.8. The van der Waals surface area contributed by atoms with Crippen LogP contribution in [0.25, 0.3) is 39.3 Å². The summed E-state index contributed by atoms with van der Waals surface area (Å²) in [5.41, 5.74) is 15.6. The number of aromatic nitrogens is 3. The molecule has 5 aromatic rings. The van der Waals surface area contributed by atoms with Gasteiger partial charge in [-0.25, -0.2) is 0 Å². The van der Waals surface area contributed by atoms with E-state index in [0.29, 0.717) is 5.92 Å². The molecular weight excluding hydrogens is 623 g/mol. The summed E-state index contributed by atoms with van der Waals surface area (Å²) in [6, 6.07) is 30.3. The van der Waals surface area contributed by atoms with Crippen LogP contribution in [0, 0.1) is 19.8 Å². The van der Waals surface area contributed by atoms with Crippen molar-refractivity contribution < 1.29 is 9.13 Å². The van der Waals surface area contributed by atoms with Crippen LogP contribution in [0.3, 0.4) is 0 Å². The molecule has 5 heterocycles. The number of nitrogens with zero attached hydrogens (tertiary/aromatic N) is 3. The zero-order chi connectivity index (χ0) is 34.6. The lowest BCUT2D eigenvalue weighted by atomic mass is 9.77. The molecule has 50 heavy (non-hydrogen) atoms. The first-order valence-corrected chi connectivity index (χ1v) is 22.6. The molecule has 0 bridgehead atoms. The highest BCUT2D eigenvalue weighted by Crippen LogP contribution is 2.44. The number of hydrogen-bond acceptors (Lipinski definition) is 1. The van der Waals surface area contributed by atoms with Gasteiger partial charge >= 0.3 is 0 Å². The van der Waals surface area contributed by atoms with Crippen LogP contribution in [0.1, 0.15) is 85.0 Å². The highest BCUT2D eigenvalue weighted by Gasteiger charge is 2.43. The van der Waals surface area contributed by atoms with Gasteiger partial charge in [0.2, 0.25) is 11.4 Å². The summed E-state index contributed by atoms with van der Waals surface area (Å²) in [7, 11) is -1.66. The molecule has 4 heteroatoms. The molecule has 2 unspecified atom stereocenters. The van der Waals surface area contributed by atoms with Gasteiger partial charge in [-0.2, -0.15) is 9.13 Å². The Labute approximate surface area is 300 Å². The lowest BCUT2D eigenvalue weighted by molar-refractivity contribution is -0.719. The van der Waals surface area contributed by atoms with Gasteiger partial charge in [-0.05, 0) is 86.6 Å². The smallest absolute Gasteiger partial charge is 0.218 e. The van der Waals surface area contributed by atoms with E-state index in [4.69, 9.17) is 11.6 Å². The number of pyridine rings is 3. The average Bonchev–Trinajstić information content (AvgIpc) is 3.11. The van der Waals surface area contributed by atoms with E-state index in [2.05, 4.69) is 134 Å². The Morgan fingerprint density at radius 1 is 0.780 bits per heavy atom. The van der Waals surface area contributed by atoms with Gasteiger partial charge in [0, 0.05) is 56.9 Å². The van der Waals surface area contributed by atoms with Gasteiger partial charge in [0.1, 0.15) is 0 Å². The standard InChI is InChI=1S/C46H53N3Si/c1-31-20-23-38(33(3)47-31)36-22-25-43-41-19-13-12-18-40(41)42-24-21-35-16-10-11-17-39(35)45-28-37(27-34-14-8-7-9-15-34)46(50(4,5)6)30-48(45)32(2)26-44(42)49(43)29-36/h10-13,16-20,22-23,25,28-30,34,42,44H,2,7-9,14-15,21,24,26-27H2,1,3-6H3/q+2. The molecule has 8 rings (SSSR count). The maximum Gasteiger partial charge on any atom is 0.218 e. The Hall–Kier alpha value is -4.15. The van der Waals surface area contributed by atoms with E-state index in [1.807, 2.05) is 0 Å². The second-order valence-corrected chi connectivity index (χ2v) is 21.5. The molecule has 2 aliphatic heterocycles. The van der Waals surface area contributed by atoms with Gasteiger partial charge in [0.25, 0.3) is 0 Å². The minimum Gasteiger partial charge on any atom is -0.258 e. The predicted molar refractivity (Wildman–Crippen MR) is 210 cm³/mol. The normalized spacial score (nSPS) is 19.1. The van der Waals surface area contributed by atoms with Crippen molar-refractivity contribution in [1.82, 2.24) is 4.98 Å². The highest BCUT2D eigenvalue weighted by molar-refractivity contribution is 6.89. The summed E-state index contributed by atoms with van der Waals surface area (Å²) in [5.74, 6) is 1.17. The molecule has 254 valence electrons. The van der Waals surface area contributed by atoms with E-state index in [1.54, 1.807) is 10.8 Å². The van der Waals surface area contributed by atoms with E-state index in [0.717, 1.165) is 36.6 Å². The summed E-state index contributed by atoms with van der Waals surface area (Å²) in [4.78, 5) is 4.84. The van der Waals surface area contributed by atoms with Crippen LogP contribution < -0.4 is 14.3 Å². The average molecular weight is 676 g/mol. The minimum atomic E-state index is -1.66. The SMILES string of the molecule is C=C1CC2C(CCc3ccccc3-c3cc(CC4CCCCC4)c([Si](C)(C)C)c[n+]31)c1ccccc1-c1ccc(-c3ccc(C)nc3C)c[n+]12. The third-order valence-electron chi connectivity index (χ3n) is 12.0. The molecule has 0 N–H and O–H groups in total. The summed E-state index contributed by atoms with van der Waals surface area (Å²) >= 11 is 0. The van der Waals surface area contributed by atoms with Crippen LogP contribution in [0.5, 0.6) is 0 Å². The first kappa shape index (κ1) is 33.0. The number of aryl methyl sites for hydroxylation is 3. The lowest BCUT2D eigenvalue weighted by Gasteiger charge is -2.32. The first-order chi connectivity index (χ1) is 24.2. The Morgan fingerprint density at radius 2 is 1.54 bits per heavy atom. The molecular formula is C46H53N3Si+2. The molecule has 3 nitrogen and oxygen atoms in total. The van der Waals surface area contributed by atoms with Crippen molar-refractivity contribution in [1.29, 1.82) is 0 Å². The van der Waals surface area contributed by atoms with Gasteiger partial charge in [0.05, 0.1) is 14.5 Å². The topological polar surface area (TPSA) is 20.6 Å². The van der Waals surface area contributed by atoms with Crippen LogP contribution in [0.15, 0.2) is 97.8 Å². The van der Waals surface area contributed by atoms with Gasteiger partial charge < -0.3 is 0 Å². The van der Waals surface area contributed by atoms with E-state index >= 15 is 0 Å². The predicted octanol–water partition coefficient (Wildman–Crippen LogP) is 10.1. The molecule has 2 aromatic carbocycles. The molecule has 3 aliphatic rings. The summed E-state index contributed by atoms with van der Waals surface area (Å²) in [5, 5.41) is 1.60. The third kappa shape index (κ3) is 6.10. The Bertz CT molecular complexity index is 2100. The van der Waals surface area contributed by atoms with E-state index in [1.165, 1.54) is 89.0 Å². The van der Waals surface area contributed by atoms with Gasteiger partial charge in [-0.15, -0.1) is 0 Å². The molecule has 1 fully saturated rings. The number of rotatable bonds is 4. The minimum absolute atomic E-state index is 0.244. The Balaban J connectivity index is 1.30.